The minimum atomic E-state index is -4.44. The lowest BCUT2D eigenvalue weighted by Crippen LogP contribution is -2.38. The number of halogens is 3. The standard InChI is InChI=1S/C15H23F3N2O/c1-3-12(4-2)20(7-8-21)14-6-5-11(10-19)9-13(14)15(16,17)18/h5-6,9,12,21H,3-4,7-8,10,19H2,1-2H3. The molecule has 0 saturated carbocycles. The van der Waals surface area contributed by atoms with E-state index in [-0.39, 0.29) is 31.4 Å². The first kappa shape index (κ1) is 17.8. The van der Waals surface area contributed by atoms with Gasteiger partial charge in [-0.25, -0.2) is 0 Å². The summed E-state index contributed by atoms with van der Waals surface area (Å²) in [4.78, 5) is 1.64. The van der Waals surface area contributed by atoms with E-state index in [1.54, 1.807) is 11.0 Å². The van der Waals surface area contributed by atoms with Crippen LogP contribution < -0.4 is 10.6 Å². The molecule has 0 heterocycles. The van der Waals surface area contributed by atoms with Gasteiger partial charge in [-0.2, -0.15) is 13.2 Å². The van der Waals surface area contributed by atoms with Gasteiger partial charge in [0.1, 0.15) is 0 Å². The van der Waals surface area contributed by atoms with E-state index < -0.39 is 11.7 Å². The van der Waals surface area contributed by atoms with E-state index >= 15 is 0 Å². The first-order chi connectivity index (χ1) is 9.88. The third-order valence-corrected chi connectivity index (χ3v) is 3.64. The smallest absolute Gasteiger partial charge is 0.395 e. The lowest BCUT2D eigenvalue weighted by molar-refractivity contribution is -0.137. The zero-order valence-electron chi connectivity index (χ0n) is 12.5. The van der Waals surface area contributed by atoms with Crippen molar-refractivity contribution in [1.29, 1.82) is 0 Å². The minimum Gasteiger partial charge on any atom is -0.395 e. The Morgan fingerprint density at radius 2 is 1.86 bits per heavy atom. The predicted molar refractivity (Wildman–Crippen MR) is 78.1 cm³/mol. The SMILES string of the molecule is CCC(CC)N(CCO)c1ccc(CN)cc1C(F)(F)F. The van der Waals surface area contributed by atoms with Gasteiger partial charge in [-0.05, 0) is 30.5 Å². The first-order valence-corrected chi connectivity index (χ1v) is 7.16. The van der Waals surface area contributed by atoms with Gasteiger partial charge < -0.3 is 15.7 Å². The van der Waals surface area contributed by atoms with Crippen LogP contribution in [0.5, 0.6) is 0 Å². The van der Waals surface area contributed by atoms with Crippen LogP contribution in [-0.4, -0.2) is 24.3 Å². The molecule has 0 fully saturated rings. The van der Waals surface area contributed by atoms with Crippen molar-refractivity contribution in [3.8, 4) is 0 Å². The highest BCUT2D eigenvalue weighted by Crippen LogP contribution is 2.38. The molecule has 0 aliphatic heterocycles. The summed E-state index contributed by atoms with van der Waals surface area (Å²) in [6, 6.07) is 4.13. The zero-order valence-corrected chi connectivity index (χ0v) is 12.5. The molecule has 0 aliphatic rings. The predicted octanol–water partition coefficient (Wildman–Crippen LogP) is 3.15. The largest absolute Gasteiger partial charge is 0.418 e. The van der Waals surface area contributed by atoms with Crippen molar-refractivity contribution < 1.29 is 18.3 Å². The van der Waals surface area contributed by atoms with Crippen LogP contribution in [-0.2, 0) is 12.7 Å². The van der Waals surface area contributed by atoms with Gasteiger partial charge in [-0.1, -0.05) is 19.9 Å². The molecule has 1 aromatic rings. The minimum absolute atomic E-state index is 0.0398. The summed E-state index contributed by atoms with van der Waals surface area (Å²) >= 11 is 0. The van der Waals surface area contributed by atoms with E-state index in [0.717, 1.165) is 6.07 Å². The second-order valence-corrected chi connectivity index (χ2v) is 4.94. The van der Waals surface area contributed by atoms with Crippen LogP contribution in [0.4, 0.5) is 18.9 Å². The quantitative estimate of drug-likeness (QED) is 0.813. The molecule has 21 heavy (non-hydrogen) atoms. The molecule has 3 N–H and O–H groups in total. The molecular formula is C15H23F3N2O. The summed E-state index contributed by atoms with van der Waals surface area (Å²) in [7, 11) is 0. The van der Waals surface area contributed by atoms with E-state index in [1.165, 1.54) is 6.07 Å². The summed E-state index contributed by atoms with van der Waals surface area (Å²) < 4.78 is 39.9. The highest BCUT2D eigenvalue weighted by Gasteiger charge is 2.36. The molecule has 0 bridgehead atoms. The number of nitrogens with zero attached hydrogens (tertiary/aromatic N) is 1. The molecule has 0 amide bonds. The Bertz CT molecular complexity index is 445. The van der Waals surface area contributed by atoms with Gasteiger partial charge in [0.05, 0.1) is 12.2 Å². The molecule has 1 aromatic carbocycles. The number of anilines is 1. The first-order valence-electron chi connectivity index (χ1n) is 7.16. The van der Waals surface area contributed by atoms with Crippen molar-refractivity contribution in [2.45, 2.75) is 45.5 Å². The lowest BCUT2D eigenvalue weighted by Gasteiger charge is -2.34. The molecule has 0 unspecified atom stereocenters. The molecule has 6 heteroatoms. The van der Waals surface area contributed by atoms with Gasteiger partial charge in [0.15, 0.2) is 0 Å². The van der Waals surface area contributed by atoms with Crippen molar-refractivity contribution in [2.24, 2.45) is 5.73 Å². The van der Waals surface area contributed by atoms with Crippen molar-refractivity contribution >= 4 is 5.69 Å². The lowest BCUT2D eigenvalue weighted by atomic mass is 10.0. The van der Waals surface area contributed by atoms with Gasteiger partial charge in [-0.3, -0.25) is 0 Å². The van der Waals surface area contributed by atoms with Crippen LogP contribution in [0, 0.1) is 0 Å². The maximum Gasteiger partial charge on any atom is 0.418 e. The highest BCUT2D eigenvalue weighted by atomic mass is 19.4. The zero-order chi connectivity index (χ0) is 16.0. The highest BCUT2D eigenvalue weighted by molar-refractivity contribution is 5.57. The number of hydrogen-bond acceptors (Lipinski definition) is 3. The molecule has 0 aliphatic carbocycles. The number of hydrogen-bond donors (Lipinski definition) is 2. The molecule has 1 rings (SSSR count). The van der Waals surface area contributed by atoms with Crippen molar-refractivity contribution in [3.63, 3.8) is 0 Å². The van der Waals surface area contributed by atoms with E-state index in [9.17, 15) is 18.3 Å². The monoisotopic (exact) mass is 304 g/mol. The van der Waals surface area contributed by atoms with E-state index in [2.05, 4.69) is 0 Å². The Morgan fingerprint density at radius 1 is 1.24 bits per heavy atom. The molecule has 0 aromatic heterocycles. The molecule has 0 radical (unpaired) electrons. The van der Waals surface area contributed by atoms with E-state index in [0.29, 0.717) is 18.4 Å². The summed E-state index contributed by atoms with van der Waals surface area (Å²) in [5.74, 6) is 0. The fraction of sp³-hybridized carbons (Fsp3) is 0.600. The molecular weight excluding hydrogens is 281 g/mol. The summed E-state index contributed by atoms with van der Waals surface area (Å²) in [6.45, 7) is 3.91. The van der Waals surface area contributed by atoms with Gasteiger partial charge in [0, 0.05) is 24.8 Å². The second-order valence-electron chi connectivity index (χ2n) is 4.94. The summed E-state index contributed by atoms with van der Waals surface area (Å²) in [5.41, 5.74) is 5.31. The van der Waals surface area contributed by atoms with E-state index in [1.807, 2.05) is 13.8 Å². The second kappa shape index (κ2) is 7.66. The van der Waals surface area contributed by atoms with Crippen LogP contribution in [0.1, 0.15) is 37.8 Å². The normalized spacial score (nSPS) is 12.0. The molecule has 3 nitrogen and oxygen atoms in total. The number of benzene rings is 1. The Morgan fingerprint density at radius 3 is 2.29 bits per heavy atom. The average Bonchev–Trinajstić information content (AvgIpc) is 2.46. The Kier molecular flexibility index (Phi) is 6.48. The van der Waals surface area contributed by atoms with Crippen molar-refractivity contribution in [1.82, 2.24) is 0 Å². The summed E-state index contributed by atoms with van der Waals surface area (Å²) in [5, 5.41) is 9.19. The van der Waals surface area contributed by atoms with Crippen LogP contribution in [0.15, 0.2) is 18.2 Å². The number of rotatable bonds is 7. The van der Waals surface area contributed by atoms with Gasteiger partial charge in [0.2, 0.25) is 0 Å². The summed E-state index contributed by atoms with van der Waals surface area (Å²) in [6.07, 6.45) is -3.01. The van der Waals surface area contributed by atoms with E-state index in [4.69, 9.17) is 5.73 Å². The topological polar surface area (TPSA) is 49.5 Å². The number of aliphatic hydroxyl groups is 1. The number of aliphatic hydroxyl groups excluding tert-OH is 1. The van der Waals surface area contributed by atoms with Crippen molar-refractivity contribution in [3.05, 3.63) is 29.3 Å². The third-order valence-electron chi connectivity index (χ3n) is 3.64. The van der Waals surface area contributed by atoms with Crippen LogP contribution in [0.2, 0.25) is 0 Å². The van der Waals surface area contributed by atoms with Gasteiger partial charge in [0.25, 0.3) is 0 Å². The van der Waals surface area contributed by atoms with Crippen LogP contribution in [0.25, 0.3) is 0 Å². The third kappa shape index (κ3) is 4.35. The van der Waals surface area contributed by atoms with Gasteiger partial charge >= 0.3 is 6.18 Å². The number of alkyl halides is 3. The molecule has 0 spiro atoms. The van der Waals surface area contributed by atoms with Crippen LogP contribution in [0.3, 0.4) is 0 Å². The van der Waals surface area contributed by atoms with Crippen LogP contribution >= 0.6 is 0 Å². The number of nitrogens with two attached hydrogens (primary N) is 1. The van der Waals surface area contributed by atoms with Crippen molar-refractivity contribution in [2.75, 3.05) is 18.1 Å². The Labute approximate surface area is 123 Å². The molecule has 0 atom stereocenters. The molecule has 0 saturated heterocycles. The van der Waals surface area contributed by atoms with Gasteiger partial charge in [-0.15, -0.1) is 0 Å². The maximum atomic E-state index is 13.3. The molecule has 120 valence electrons. The average molecular weight is 304 g/mol. The Hall–Kier alpha value is -1.27. The Balaban J connectivity index is 3.35. The fourth-order valence-corrected chi connectivity index (χ4v) is 2.52. The fourth-order valence-electron chi connectivity index (χ4n) is 2.52. The maximum absolute atomic E-state index is 13.3.